The number of pyridine rings is 1. The molecule has 0 aliphatic heterocycles. The normalized spacial score (nSPS) is 11.9. The monoisotopic (exact) mass is 275 g/mol. The molecule has 1 atom stereocenters. The number of nitriles is 1. The number of halogens is 1. The molecule has 1 aromatic heterocycles. The average Bonchev–Trinajstić information content (AvgIpc) is 2.39. The summed E-state index contributed by atoms with van der Waals surface area (Å²) in [6.45, 7) is 1.72. The third-order valence-corrected chi connectivity index (χ3v) is 3.26. The second-order valence-corrected chi connectivity index (χ2v) is 4.79. The quantitative estimate of drug-likeness (QED) is 0.788. The van der Waals surface area contributed by atoms with Crippen molar-refractivity contribution in [2.75, 3.05) is 0 Å². The van der Waals surface area contributed by atoms with Crippen LogP contribution in [0, 0.1) is 24.1 Å². The van der Waals surface area contributed by atoms with Crippen molar-refractivity contribution >= 4 is 11.1 Å². The van der Waals surface area contributed by atoms with E-state index in [1.807, 2.05) is 0 Å². The molecular formula is C13H8FN2O2S-. The number of aryl methyl sites for hydroxylation is 1. The first-order valence-corrected chi connectivity index (χ1v) is 6.37. The van der Waals surface area contributed by atoms with E-state index in [1.165, 1.54) is 24.3 Å². The standard InChI is InChI=1S/C13H9FN2O2S/c1-8-6-9(19(17)18)2-3-10(8)12-5-4-11(14)13(7-15)16-12/h2-6H,1H3,(H,17,18)/p-1. The summed E-state index contributed by atoms with van der Waals surface area (Å²) in [6, 6.07) is 8.80. The molecule has 0 aliphatic carbocycles. The lowest BCUT2D eigenvalue weighted by Crippen LogP contribution is -1.95. The van der Waals surface area contributed by atoms with Crippen molar-refractivity contribution in [1.82, 2.24) is 4.98 Å². The first-order valence-electron chi connectivity index (χ1n) is 5.30. The molecule has 2 aromatic rings. The van der Waals surface area contributed by atoms with Crippen LogP contribution in [0.3, 0.4) is 0 Å². The van der Waals surface area contributed by atoms with E-state index in [0.29, 0.717) is 16.8 Å². The topological polar surface area (TPSA) is 76.8 Å². The zero-order valence-corrected chi connectivity index (χ0v) is 10.7. The molecule has 0 saturated carbocycles. The van der Waals surface area contributed by atoms with E-state index in [1.54, 1.807) is 19.1 Å². The van der Waals surface area contributed by atoms with Gasteiger partial charge in [-0.25, -0.2) is 9.37 Å². The van der Waals surface area contributed by atoms with Gasteiger partial charge in [-0.1, -0.05) is 6.07 Å². The Morgan fingerprint density at radius 3 is 2.68 bits per heavy atom. The molecule has 2 rings (SSSR count). The van der Waals surface area contributed by atoms with Crippen LogP contribution in [0.2, 0.25) is 0 Å². The summed E-state index contributed by atoms with van der Waals surface area (Å²) in [7, 11) is 0. The smallest absolute Gasteiger partial charge is 0.176 e. The highest BCUT2D eigenvalue weighted by Crippen LogP contribution is 2.24. The predicted octanol–water partition coefficient (Wildman–Crippen LogP) is 2.31. The molecule has 4 nitrogen and oxygen atoms in total. The van der Waals surface area contributed by atoms with E-state index < -0.39 is 16.9 Å². The van der Waals surface area contributed by atoms with Gasteiger partial charge < -0.3 is 4.55 Å². The third-order valence-electron chi connectivity index (χ3n) is 2.62. The van der Waals surface area contributed by atoms with Crippen LogP contribution in [0.25, 0.3) is 11.3 Å². The Morgan fingerprint density at radius 2 is 2.11 bits per heavy atom. The minimum absolute atomic E-state index is 0.170. The molecule has 0 amide bonds. The molecule has 0 spiro atoms. The van der Waals surface area contributed by atoms with Crippen LogP contribution in [0.5, 0.6) is 0 Å². The molecule has 0 aliphatic rings. The maximum atomic E-state index is 13.2. The Balaban J connectivity index is 2.54. The number of benzene rings is 1. The molecule has 0 radical (unpaired) electrons. The predicted molar refractivity (Wildman–Crippen MR) is 66.3 cm³/mol. The Kier molecular flexibility index (Phi) is 3.69. The van der Waals surface area contributed by atoms with E-state index >= 15 is 0 Å². The summed E-state index contributed by atoms with van der Waals surface area (Å²) >= 11 is -2.30. The molecule has 0 fully saturated rings. The van der Waals surface area contributed by atoms with E-state index in [9.17, 15) is 13.2 Å². The molecular weight excluding hydrogens is 267 g/mol. The minimum Gasteiger partial charge on any atom is -0.768 e. The zero-order chi connectivity index (χ0) is 14.0. The van der Waals surface area contributed by atoms with E-state index in [2.05, 4.69) is 4.98 Å². The van der Waals surface area contributed by atoms with Gasteiger partial charge in [0, 0.05) is 10.5 Å². The van der Waals surface area contributed by atoms with Gasteiger partial charge in [0.15, 0.2) is 11.5 Å². The van der Waals surface area contributed by atoms with Crippen molar-refractivity contribution in [1.29, 1.82) is 5.26 Å². The van der Waals surface area contributed by atoms with Gasteiger partial charge in [-0.05, 0) is 47.8 Å². The Labute approximate surface area is 111 Å². The van der Waals surface area contributed by atoms with E-state index in [4.69, 9.17) is 5.26 Å². The highest BCUT2D eigenvalue weighted by molar-refractivity contribution is 7.79. The van der Waals surface area contributed by atoms with Crippen LogP contribution in [0.1, 0.15) is 11.3 Å². The Bertz CT molecular complexity index is 710. The second-order valence-electron chi connectivity index (χ2n) is 3.85. The molecule has 1 unspecified atom stereocenters. The molecule has 19 heavy (non-hydrogen) atoms. The number of hydrogen-bond acceptors (Lipinski definition) is 4. The fraction of sp³-hybridized carbons (Fsp3) is 0.0769. The Morgan fingerprint density at radius 1 is 1.37 bits per heavy atom. The van der Waals surface area contributed by atoms with Crippen molar-refractivity contribution < 1.29 is 13.2 Å². The van der Waals surface area contributed by atoms with Gasteiger partial charge >= 0.3 is 0 Å². The lowest BCUT2D eigenvalue weighted by atomic mass is 10.1. The number of rotatable bonds is 2. The fourth-order valence-corrected chi connectivity index (χ4v) is 2.15. The first kappa shape index (κ1) is 13.3. The lowest BCUT2D eigenvalue weighted by molar-refractivity contribution is 0.537. The van der Waals surface area contributed by atoms with Crippen LogP contribution < -0.4 is 0 Å². The molecule has 6 heteroatoms. The summed E-state index contributed by atoms with van der Waals surface area (Å²) in [5.41, 5.74) is 1.49. The van der Waals surface area contributed by atoms with Gasteiger partial charge in [-0.15, -0.1) is 0 Å². The highest BCUT2D eigenvalue weighted by Gasteiger charge is 2.09. The minimum atomic E-state index is -2.30. The maximum Gasteiger partial charge on any atom is 0.176 e. The average molecular weight is 275 g/mol. The molecule has 1 heterocycles. The summed E-state index contributed by atoms with van der Waals surface area (Å²) in [5.74, 6) is -0.679. The molecule has 0 N–H and O–H groups in total. The summed E-state index contributed by atoms with van der Waals surface area (Å²) in [6.07, 6.45) is 0. The van der Waals surface area contributed by atoms with Crippen LogP contribution in [0.15, 0.2) is 35.2 Å². The summed E-state index contributed by atoms with van der Waals surface area (Å²) in [5, 5.41) is 8.74. The van der Waals surface area contributed by atoms with Gasteiger partial charge in [-0.3, -0.25) is 4.21 Å². The number of nitrogens with zero attached hydrogens (tertiary/aromatic N) is 2. The van der Waals surface area contributed by atoms with Crippen molar-refractivity contribution in [2.45, 2.75) is 11.8 Å². The SMILES string of the molecule is Cc1cc(S(=O)[O-])ccc1-c1ccc(F)c(C#N)n1. The van der Waals surface area contributed by atoms with Crippen molar-refractivity contribution in [2.24, 2.45) is 0 Å². The molecule has 96 valence electrons. The zero-order valence-electron chi connectivity index (χ0n) is 9.88. The van der Waals surface area contributed by atoms with Crippen molar-refractivity contribution in [3.05, 3.63) is 47.4 Å². The first-order chi connectivity index (χ1) is 9.02. The summed E-state index contributed by atoms with van der Waals surface area (Å²) < 4.78 is 34.9. The van der Waals surface area contributed by atoms with Crippen LogP contribution in [-0.4, -0.2) is 13.7 Å². The fourth-order valence-electron chi connectivity index (χ4n) is 1.70. The Hall–Kier alpha value is -2.10. The van der Waals surface area contributed by atoms with Gasteiger partial charge in [-0.2, -0.15) is 5.26 Å². The van der Waals surface area contributed by atoms with E-state index in [-0.39, 0.29) is 10.6 Å². The van der Waals surface area contributed by atoms with Gasteiger partial charge in [0.1, 0.15) is 6.07 Å². The highest BCUT2D eigenvalue weighted by atomic mass is 32.2. The summed E-state index contributed by atoms with van der Waals surface area (Å²) in [4.78, 5) is 4.08. The number of hydrogen-bond donors (Lipinski definition) is 0. The molecule has 0 bridgehead atoms. The van der Waals surface area contributed by atoms with Crippen LogP contribution in [-0.2, 0) is 11.1 Å². The second kappa shape index (κ2) is 5.26. The number of aromatic nitrogens is 1. The third kappa shape index (κ3) is 2.67. The lowest BCUT2D eigenvalue weighted by Gasteiger charge is -2.10. The largest absolute Gasteiger partial charge is 0.768 e. The van der Waals surface area contributed by atoms with Gasteiger partial charge in [0.2, 0.25) is 0 Å². The van der Waals surface area contributed by atoms with Crippen LogP contribution >= 0.6 is 0 Å². The molecule has 0 saturated heterocycles. The van der Waals surface area contributed by atoms with Crippen molar-refractivity contribution in [3.8, 4) is 17.3 Å². The van der Waals surface area contributed by atoms with E-state index in [0.717, 1.165) is 0 Å². The molecule has 1 aromatic carbocycles. The van der Waals surface area contributed by atoms with Crippen LogP contribution in [0.4, 0.5) is 4.39 Å². The van der Waals surface area contributed by atoms with Crippen molar-refractivity contribution in [3.63, 3.8) is 0 Å². The maximum absolute atomic E-state index is 13.2. The van der Waals surface area contributed by atoms with Gasteiger partial charge in [0.05, 0.1) is 5.69 Å². The van der Waals surface area contributed by atoms with Gasteiger partial charge in [0.25, 0.3) is 0 Å².